The number of aryl methyl sites for hydroxylation is 1. The van der Waals surface area contributed by atoms with Gasteiger partial charge in [-0.3, -0.25) is 14.9 Å². The number of piperazine rings is 1. The molecule has 1 fully saturated rings. The van der Waals surface area contributed by atoms with E-state index in [4.69, 9.17) is 0 Å². The van der Waals surface area contributed by atoms with E-state index in [1.54, 1.807) is 29.2 Å². The maximum atomic E-state index is 12.9. The fourth-order valence-electron chi connectivity index (χ4n) is 3.22. The Kier molecular flexibility index (Phi) is 5.15. The number of carbonyl (C=O) groups excluding carboxylic acids is 1. The van der Waals surface area contributed by atoms with Gasteiger partial charge in [0, 0.05) is 53.3 Å². The van der Waals surface area contributed by atoms with Gasteiger partial charge < -0.3 is 4.90 Å². The normalized spacial score (nSPS) is 15.7. The zero-order valence-corrected chi connectivity index (χ0v) is 17.8. The number of non-ortho nitro benzene ring substituents is 1. The number of nitro groups is 1. The standard InChI is InChI=1S/C18H17N3O5S3/c1-12-2-5-17(27-12)29(25,26)20-8-6-19(7-9-20)18(22)16-11-13-10-14(21(23)24)3-4-15(13)28-16/h2-5,10-11H,6-9H2,1H3. The van der Waals surface area contributed by atoms with E-state index in [1.165, 1.54) is 39.1 Å². The summed E-state index contributed by atoms with van der Waals surface area (Å²) in [4.78, 5) is 26.4. The molecule has 152 valence electrons. The van der Waals surface area contributed by atoms with Crippen LogP contribution in [-0.2, 0) is 10.0 Å². The summed E-state index contributed by atoms with van der Waals surface area (Å²) in [5.74, 6) is -0.183. The predicted molar refractivity (Wildman–Crippen MR) is 112 cm³/mol. The molecular formula is C18H17N3O5S3. The van der Waals surface area contributed by atoms with Gasteiger partial charge in [0.25, 0.3) is 21.6 Å². The first-order valence-electron chi connectivity index (χ1n) is 8.79. The summed E-state index contributed by atoms with van der Waals surface area (Å²) in [5.41, 5.74) is -0.0167. The van der Waals surface area contributed by atoms with Crippen molar-refractivity contribution in [3.63, 3.8) is 0 Å². The van der Waals surface area contributed by atoms with Crippen LogP contribution >= 0.6 is 22.7 Å². The van der Waals surface area contributed by atoms with Crippen molar-refractivity contribution in [2.75, 3.05) is 26.2 Å². The lowest BCUT2D eigenvalue weighted by Gasteiger charge is -2.33. The second-order valence-corrected chi connectivity index (χ2v) is 11.2. The Morgan fingerprint density at radius 3 is 2.41 bits per heavy atom. The van der Waals surface area contributed by atoms with E-state index >= 15 is 0 Å². The molecule has 1 saturated heterocycles. The molecule has 8 nitrogen and oxygen atoms in total. The van der Waals surface area contributed by atoms with Crippen LogP contribution in [0.3, 0.4) is 0 Å². The van der Waals surface area contributed by atoms with Gasteiger partial charge in [-0.2, -0.15) is 4.31 Å². The van der Waals surface area contributed by atoms with Crippen LogP contribution in [0.4, 0.5) is 5.69 Å². The Hall–Kier alpha value is -2.34. The van der Waals surface area contributed by atoms with Gasteiger partial charge in [0.05, 0.1) is 9.80 Å². The molecule has 0 radical (unpaired) electrons. The molecule has 0 saturated carbocycles. The second-order valence-electron chi connectivity index (χ2n) is 6.65. The maximum Gasteiger partial charge on any atom is 0.270 e. The second kappa shape index (κ2) is 7.48. The third-order valence-corrected chi connectivity index (χ3v) is 9.23. The minimum absolute atomic E-state index is 0.0167. The number of hydrogen-bond acceptors (Lipinski definition) is 7. The van der Waals surface area contributed by atoms with Crippen molar-refractivity contribution in [3.8, 4) is 0 Å². The lowest BCUT2D eigenvalue weighted by Crippen LogP contribution is -2.50. The lowest BCUT2D eigenvalue weighted by molar-refractivity contribution is -0.384. The number of sulfonamides is 1. The van der Waals surface area contributed by atoms with E-state index in [1.807, 2.05) is 6.92 Å². The Morgan fingerprint density at radius 2 is 1.79 bits per heavy atom. The van der Waals surface area contributed by atoms with Gasteiger partial charge in [-0.15, -0.1) is 22.7 Å². The van der Waals surface area contributed by atoms with Crippen molar-refractivity contribution < 1.29 is 18.1 Å². The zero-order valence-electron chi connectivity index (χ0n) is 15.4. The summed E-state index contributed by atoms with van der Waals surface area (Å²) in [6.45, 7) is 2.94. The van der Waals surface area contributed by atoms with Crippen LogP contribution in [0.5, 0.6) is 0 Å². The largest absolute Gasteiger partial charge is 0.335 e. The fourth-order valence-corrected chi connectivity index (χ4v) is 7.09. The molecule has 1 amide bonds. The molecule has 0 spiro atoms. The summed E-state index contributed by atoms with van der Waals surface area (Å²) in [6.07, 6.45) is 0. The summed E-state index contributed by atoms with van der Waals surface area (Å²) in [7, 11) is -3.54. The van der Waals surface area contributed by atoms with Gasteiger partial charge in [0.2, 0.25) is 0 Å². The van der Waals surface area contributed by atoms with Gasteiger partial charge in [0.15, 0.2) is 0 Å². The average molecular weight is 452 g/mol. The van der Waals surface area contributed by atoms with E-state index in [0.29, 0.717) is 27.6 Å². The highest BCUT2D eigenvalue weighted by molar-refractivity contribution is 7.91. The Labute approximate surface area is 175 Å². The molecule has 0 aliphatic carbocycles. The van der Waals surface area contributed by atoms with Crippen LogP contribution in [0, 0.1) is 17.0 Å². The van der Waals surface area contributed by atoms with Gasteiger partial charge in [-0.1, -0.05) is 0 Å². The smallest absolute Gasteiger partial charge is 0.270 e. The highest BCUT2D eigenvalue weighted by atomic mass is 32.2. The van der Waals surface area contributed by atoms with Crippen molar-refractivity contribution in [1.29, 1.82) is 0 Å². The molecule has 3 heterocycles. The number of rotatable bonds is 4. The van der Waals surface area contributed by atoms with Gasteiger partial charge >= 0.3 is 0 Å². The van der Waals surface area contributed by atoms with E-state index in [9.17, 15) is 23.3 Å². The van der Waals surface area contributed by atoms with Crippen LogP contribution < -0.4 is 0 Å². The number of thiophene rings is 2. The number of amides is 1. The molecule has 29 heavy (non-hydrogen) atoms. The molecule has 0 bridgehead atoms. The zero-order chi connectivity index (χ0) is 20.8. The van der Waals surface area contributed by atoms with Crippen LogP contribution in [-0.4, -0.2) is 54.6 Å². The molecule has 1 aromatic carbocycles. The van der Waals surface area contributed by atoms with Crippen molar-refractivity contribution in [1.82, 2.24) is 9.21 Å². The topological polar surface area (TPSA) is 101 Å². The van der Waals surface area contributed by atoms with Crippen molar-refractivity contribution in [2.45, 2.75) is 11.1 Å². The third-order valence-electron chi connectivity index (χ3n) is 4.76. The quantitative estimate of drug-likeness (QED) is 0.447. The van der Waals surface area contributed by atoms with Crippen molar-refractivity contribution in [2.24, 2.45) is 0 Å². The molecule has 3 aromatic rings. The maximum absolute atomic E-state index is 12.9. The van der Waals surface area contributed by atoms with Crippen molar-refractivity contribution in [3.05, 3.63) is 56.3 Å². The Balaban J connectivity index is 1.48. The SMILES string of the molecule is Cc1ccc(S(=O)(=O)N2CCN(C(=O)c3cc4cc([N+](=O)[O-])ccc4s3)CC2)s1. The summed E-state index contributed by atoms with van der Waals surface area (Å²) < 4.78 is 28.0. The number of hydrogen-bond donors (Lipinski definition) is 0. The lowest BCUT2D eigenvalue weighted by atomic mass is 10.2. The first kappa shape index (κ1) is 20.0. The van der Waals surface area contributed by atoms with Crippen LogP contribution in [0.15, 0.2) is 40.6 Å². The van der Waals surface area contributed by atoms with Crippen LogP contribution in [0.2, 0.25) is 0 Å². The Morgan fingerprint density at radius 1 is 1.07 bits per heavy atom. The summed E-state index contributed by atoms with van der Waals surface area (Å²) in [5, 5.41) is 11.6. The molecular weight excluding hydrogens is 434 g/mol. The molecule has 11 heteroatoms. The molecule has 0 unspecified atom stereocenters. The number of nitrogens with zero attached hydrogens (tertiary/aromatic N) is 3. The van der Waals surface area contributed by atoms with Crippen LogP contribution in [0.1, 0.15) is 14.5 Å². The first-order chi connectivity index (χ1) is 13.8. The summed E-state index contributed by atoms with van der Waals surface area (Å²) >= 11 is 2.52. The van der Waals surface area contributed by atoms with E-state index in [0.717, 1.165) is 9.58 Å². The molecule has 2 aromatic heterocycles. The predicted octanol–water partition coefficient (Wildman–Crippen LogP) is 3.33. The van der Waals surface area contributed by atoms with E-state index < -0.39 is 14.9 Å². The summed E-state index contributed by atoms with van der Waals surface area (Å²) in [6, 6.07) is 9.57. The molecule has 1 aliphatic rings. The number of fused-ring (bicyclic) bond motifs is 1. The fraction of sp³-hybridized carbons (Fsp3) is 0.278. The van der Waals surface area contributed by atoms with Gasteiger partial charge in [-0.25, -0.2) is 8.42 Å². The van der Waals surface area contributed by atoms with E-state index in [-0.39, 0.29) is 24.7 Å². The molecule has 0 N–H and O–H groups in total. The number of nitro benzene ring substituents is 1. The Bertz CT molecular complexity index is 1210. The third kappa shape index (κ3) is 3.78. The highest BCUT2D eigenvalue weighted by Crippen LogP contribution is 2.30. The molecule has 4 rings (SSSR count). The minimum atomic E-state index is -3.54. The molecule has 0 atom stereocenters. The van der Waals surface area contributed by atoms with Gasteiger partial charge in [0.1, 0.15) is 4.21 Å². The van der Waals surface area contributed by atoms with Gasteiger partial charge in [-0.05, 0) is 31.2 Å². The monoisotopic (exact) mass is 451 g/mol. The van der Waals surface area contributed by atoms with E-state index in [2.05, 4.69) is 0 Å². The highest BCUT2D eigenvalue weighted by Gasteiger charge is 2.31. The number of carbonyl (C=O) groups is 1. The minimum Gasteiger partial charge on any atom is -0.335 e. The average Bonchev–Trinajstić information content (AvgIpc) is 3.33. The first-order valence-corrected chi connectivity index (χ1v) is 11.9. The van der Waals surface area contributed by atoms with Crippen molar-refractivity contribution >= 4 is 54.4 Å². The van der Waals surface area contributed by atoms with Crippen LogP contribution in [0.25, 0.3) is 10.1 Å². The molecule has 1 aliphatic heterocycles. The number of benzene rings is 1.